The molecule has 0 aliphatic rings. The second kappa shape index (κ2) is 10.5. The molecule has 34 heavy (non-hydrogen) atoms. The molecular formula is C21H15B2Cl2IN5O2P. The summed E-state index contributed by atoms with van der Waals surface area (Å²) in [6, 6.07) is 8.93. The van der Waals surface area contributed by atoms with Gasteiger partial charge < -0.3 is 9.84 Å². The molecule has 2 atom stereocenters. The second-order valence-corrected chi connectivity index (χ2v) is 10.2. The molecule has 4 radical (unpaired) electrons. The van der Waals surface area contributed by atoms with Crippen LogP contribution in [-0.2, 0) is 5.40 Å². The molecule has 0 bridgehead atoms. The highest BCUT2D eigenvalue weighted by molar-refractivity contribution is 14.2. The van der Waals surface area contributed by atoms with Gasteiger partial charge in [-0.25, -0.2) is 4.45 Å². The van der Waals surface area contributed by atoms with Gasteiger partial charge in [0.1, 0.15) is 27.5 Å². The topological polar surface area (TPSA) is 86.0 Å². The van der Waals surface area contributed by atoms with E-state index in [-0.39, 0.29) is 5.69 Å². The van der Waals surface area contributed by atoms with E-state index in [1.54, 1.807) is 12.1 Å². The van der Waals surface area contributed by atoms with Crippen LogP contribution in [0, 0.1) is 0 Å². The van der Waals surface area contributed by atoms with Crippen LogP contribution in [0.2, 0.25) is 10.0 Å². The normalized spacial score (nSPS) is 13.3. The van der Waals surface area contributed by atoms with E-state index in [1.807, 2.05) is 35.7 Å². The van der Waals surface area contributed by atoms with Crippen molar-refractivity contribution in [3.05, 3.63) is 75.4 Å². The molecule has 0 saturated heterocycles. The molecule has 0 saturated carbocycles. The van der Waals surface area contributed by atoms with Crippen LogP contribution in [0.3, 0.4) is 0 Å². The minimum Gasteiger partial charge on any atom is -0.486 e. The number of aliphatic hydroxyl groups is 1. The van der Waals surface area contributed by atoms with Crippen molar-refractivity contribution < 1.29 is 9.84 Å². The minimum atomic E-state index is -2.04. The van der Waals surface area contributed by atoms with Crippen molar-refractivity contribution in [1.29, 1.82) is 0 Å². The van der Waals surface area contributed by atoms with Crippen molar-refractivity contribution in [3.63, 3.8) is 0 Å². The minimum absolute atomic E-state index is 0.0656. The maximum absolute atomic E-state index is 9.62. The number of rotatable bonds is 7. The smallest absolute Gasteiger partial charge is 0.124 e. The molecular weight excluding hydrogens is 605 g/mol. The van der Waals surface area contributed by atoms with Crippen molar-refractivity contribution in [2.45, 2.75) is 18.4 Å². The van der Waals surface area contributed by atoms with Gasteiger partial charge in [-0.15, -0.1) is 0 Å². The number of nitrogens with zero attached hydrogens (tertiary/aromatic N) is 5. The van der Waals surface area contributed by atoms with Gasteiger partial charge in [0.05, 0.1) is 39.0 Å². The Morgan fingerprint density at radius 2 is 1.88 bits per heavy atom. The van der Waals surface area contributed by atoms with Gasteiger partial charge in [0.2, 0.25) is 0 Å². The fourth-order valence-electron chi connectivity index (χ4n) is 3.26. The van der Waals surface area contributed by atoms with E-state index in [9.17, 15) is 5.11 Å². The zero-order chi connectivity index (χ0) is 24.5. The number of ether oxygens (including phenoxy) is 1. The fraction of sp³-hybridized carbons (Fsp3) is 0.143. The third-order valence-corrected chi connectivity index (χ3v) is 7.35. The number of fused-ring (bicyclic) bond motifs is 1. The van der Waals surface area contributed by atoms with E-state index in [2.05, 4.69) is 42.3 Å². The summed E-state index contributed by atoms with van der Waals surface area (Å²) in [4.78, 5) is 3.99. The number of pyridine rings is 1. The summed E-state index contributed by atoms with van der Waals surface area (Å²) in [5, 5.41) is 21.9. The Morgan fingerprint density at radius 3 is 2.50 bits per heavy atom. The lowest BCUT2D eigenvalue weighted by molar-refractivity contribution is 0.210. The van der Waals surface area contributed by atoms with Crippen molar-refractivity contribution in [1.82, 2.24) is 24.7 Å². The Kier molecular flexibility index (Phi) is 7.84. The first-order valence-corrected chi connectivity index (χ1v) is 14.7. The Hall–Kier alpha value is -1.71. The highest BCUT2D eigenvalue weighted by atomic mass is 127. The first-order valence-electron chi connectivity index (χ1n) is 9.84. The summed E-state index contributed by atoms with van der Waals surface area (Å²) in [6.45, 7) is 1.87. The molecule has 1 aromatic carbocycles. The van der Waals surface area contributed by atoms with Crippen LogP contribution < -0.4 is 4.74 Å². The van der Waals surface area contributed by atoms with Gasteiger partial charge in [0.25, 0.3) is 0 Å². The molecule has 0 spiro atoms. The molecule has 13 heteroatoms. The van der Waals surface area contributed by atoms with E-state index in [0.717, 1.165) is 16.6 Å². The summed E-state index contributed by atoms with van der Waals surface area (Å²) in [7, 11) is 10.8. The van der Waals surface area contributed by atoms with E-state index in [1.165, 1.54) is 18.5 Å². The van der Waals surface area contributed by atoms with E-state index < -0.39 is 11.5 Å². The Labute approximate surface area is 223 Å². The maximum Gasteiger partial charge on any atom is 0.124 e. The number of benzene rings is 1. The second-order valence-electron chi connectivity index (χ2n) is 7.34. The van der Waals surface area contributed by atoms with Crippen LogP contribution in [-0.4, -0.2) is 45.5 Å². The largest absolute Gasteiger partial charge is 0.486 e. The van der Waals surface area contributed by atoms with Crippen molar-refractivity contribution >= 4 is 90.4 Å². The van der Waals surface area contributed by atoms with Crippen LogP contribution in [0.5, 0.6) is 5.75 Å². The van der Waals surface area contributed by atoms with Crippen LogP contribution in [0.4, 0.5) is 0 Å². The predicted molar refractivity (Wildman–Crippen MR) is 147 cm³/mol. The van der Waals surface area contributed by atoms with Crippen molar-refractivity contribution in [2.75, 3.05) is 0 Å². The standard InChI is InChI=1S/C21H15B2Cl2IN5O2P/c1-11(20-15(24)9-27-10-16(20)25)33-13-4-6-18-14(8-13)17(30-31(18)34-26)5-2-12-3-7-19(29-28-12)21(22,23)32/h2-11,32,34H,1H3/b5-2+. The number of hydrogen-bond acceptors (Lipinski definition) is 6. The molecule has 2 unspecified atom stereocenters. The Bertz CT molecular complexity index is 1350. The zero-order valence-electron chi connectivity index (χ0n) is 17.7. The average molecular weight is 620 g/mol. The van der Waals surface area contributed by atoms with Crippen molar-refractivity contribution in [3.8, 4) is 5.75 Å². The van der Waals surface area contributed by atoms with E-state index in [4.69, 9.17) is 43.6 Å². The summed E-state index contributed by atoms with van der Waals surface area (Å²) in [5.74, 6) is 0.643. The Morgan fingerprint density at radius 1 is 1.15 bits per heavy atom. The number of halogens is 3. The highest BCUT2D eigenvalue weighted by Crippen LogP contribution is 2.36. The van der Waals surface area contributed by atoms with Gasteiger partial charge in [-0.3, -0.25) is 4.98 Å². The molecule has 0 amide bonds. The molecule has 0 fully saturated rings. The first-order chi connectivity index (χ1) is 16.2. The lowest BCUT2D eigenvalue weighted by atomic mass is 9.63. The molecule has 0 aliphatic heterocycles. The van der Waals surface area contributed by atoms with Gasteiger partial charge in [-0.1, -0.05) is 23.2 Å². The van der Waals surface area contributed by atoms with Crippen LogP contribution >= 0.6 is 51.6 Å². The van der Waals surface area contributed by atoms with Gasteiger partial charge in [-0.05, 0) is 71.4 Å². The Balaban J connectivity index is 1.64. The van der Waals surface area contributed by atoms with Crippen LogP contribution in [0.25, 0.3) is 23.1 Å². The molecule has 168 valence electrons. The van der Waals surface area contributed by atoms with Gasteiger partial charge in [0, 0.05) is 28.7 Å². The van der Waals surface area contributed by atoms with Gasteiger partial charge in [0.15, 0.2) is 0 Å². The van der Waals surface area contributed by atoms with E-state index >= 15 is 0 Å². The molecule has 4 rings (SSSR count). The van der Waals surface area contributed by atoms with Crippen LogP contribution in [0.15, 0.2) is 42.7 Å². The monoisotopic (exact) mass is 619 g/mol. The van der Waals surface area contributed by atoms with E-state index in [0.29, 0.717) is 33.4 Å². The molecule has 3 aromatic heterocycles. The lowest BCUT2D eigenvalue weighted by Gasteiger charge is -2.17. The maximum atomic E-state index is 9.62. The third kappa shape index (κ3) is 5.57. The zero-order valence-corrected chi connectivity index (χ0v) is 22.3. The molecule has 7 nitrogen and oxygen atoms in total. The van der Waals surface area contributed by atoms with Crippen molar-refractivity contribution in [2.24, 2.45) is 0 Å². The quantitative estimate of drug-likeness (QED) is 0.177. The highest BCUT2D eigenvalue weighted by Gasteiger charge is 2.18. The first kappa shape index (κ1) is 25.4. The molecule has 4 aromatic rings. The number of aromatic nitrogens is 5. The third-order valence-electron chi connectivity index (χ3n) is 4.88. The molecule has 0 aliphatic carbocycles. The molecule has 1 N–H and O–H groups in total. The van der Waals surface area contributed by atoms with Gasteiger partial charge in [-0.2, -0.15) is 15.3 Å². The molecule has 3 heterocycles. The fourth-order valence-corrected chi connectivity index (χ4v) is 5.47. The predicted octanol–water partition coefficient (Wildman–Crippen LogP) is 5.07. The number of hydrogen-bond donors (Lipinski definition) is 1. The van der Waals surface area contributed by atoms with Gasteiger partial charge >= 0.3 is 0 Å². The SMILES string of the molecule is [B]C([B])(O)c1ccc(/C=C/c2nn(PI)c3ccc(OC(C)c4c(Cl)cncc4Cl)cc23)nn1. The van der Waals surface area contributed by atoms with Crippen LogP contribution in [0.1, 0.15) is 35.7 Å². The summed E-state index contributed by atoms with van der Waals surface area (Å²) in [6.07, 6.45) is 6.69. The summed E-state index contributed by atoms with van der Waals surface area (Å²) >= 11 is 14.8. The summed E-state index contributed by atoms with van der Waals surface area (Å²) < 4.78 is 8.06. The lowest BCUT2D eigenvalue weighted by Crippen LogP contribution is -2.27. The summed E-state index contributed by atoms with van der Waals surface area (Å²) in [5.41, 5.74) is 2.99. The average Bonchev–Trinajstić information content (AvgIpc) is 3.14.